The van der Waals surface area contributed by atoms with E-state index in [-0.39, 0.29) is 30.1 Å². The van der Waals surface area contributed by atoms with Crippen LogP contribution in [0.2, 0.25) is 5.02 Å². The lowest BCUT2D eigenvalue weighted by molar-refractivity contribution is 0.0420. The van der Waals surface area contributed by atoms with Gasteiger partial charge in [-0.15, -0.1) is 24.0 Å². The number of ether oxygens (including phenoxy) is 3. The highest BCUT2D eigenvalue weighted by atomic mass is 127. The van der Waals surface area contributed by atoms with Crippen LogP contribution in [0, 0.1) is 0 Å². The molecule has 1 heterocycles. The van der Waals surface area contributed by atoms with Crippen LogP contribution in [0.25, 0.3) is 0 Å². The van der Waals surface area contributed by atoms with Gasteiger partial charge in [-0.05, 0) is 25.0 Å². The second-order valence-corrected chi connectivity index (χ2v) is 5.82. The second-order valence-electron chi connectivity index (χ2n) is 5.41. The average molecular weight is 484 g/mol. The van der Waals surface area contributed by atoms with E-state index >= 15 is 0 Å². The molecule has 1 aromatic rings. The maximum absolute atomic E-state index is 6.04. The van der Waals surface area contributed by atoms with Crippen molar-refractivity contribution in [3.63, 3.8) is 0 Å². The first-order valence-electron chi connectivity index (χ1n) is 8.31. The normalized spacial score (nSPS) is 17.0. The van der Waals surface area contributed by atoms with E-state index in [1.807, 2.05) is 24.3 Å². The Balaban J connectivity index is 0.00000312. The van der Waals surface area contributed by atoms with Gasteiger partial charge in [-0.2, -0.15) is 0 Å². The fourth-order valence-corrected chi connectivity index (χ4v) is 2.48. The number of benzene rings is 1. The maximum atomic E-state index is 6.04. The molecule has 1 aliphatic heterocycles. The molecule has 8 heteroatoms. The first kappa shape index (κ1) is 22.3. The zero-order valence-electron chi connectivity index (χ0n) is 14.5. The zero-order chi connectivity index (χ0) is 17.0. The van der Waals surface area contributed by atoms with Crippen molar-refractivity contribution < 1.29 is 14.2 Å². The molecule has 1 fully saturated rings. The van der Waals surface area contributed by atoms with Crippen LogP contribution in [0.4, 0.5) is 0 Å². The molecule has 1 atom stereocenters. The molecule has 142 valence electrons. The van der Waals surface area contributed by atoms with Gasteiger partial charge in [-0.25, -0.2) is 0 Å². The second kappa shape index (κ2) is 13.4. The third kappa shape index (κ3) is 8.94. The standard InChI is InChI=1S/C17H26ClN3O3.HI/c1-19-17(20-8-4-10-23-14-7-11-22-13-14)21-9-12-24-16-6-3-2-5-15(16)18;/h2-3,5-6,14H,4,7-13H2,1H3,(H2,19,20,21);1H. The molecule has 1 aromatic carbocycles. The smallest absolute Gasteiger partial charge is 0.191 e. The Labute approximate surface area is 171 Å². The molecule has 2 N–H and O–H groups in total. The van der Waals surface area contributed by atoms with E-state index in [9.17, 15) is 0 Å². The van der Waals surface area contributed by atoms with Gasteiger partial charge in [0.1, 0.15) is 12.4 Å². The average Bonchev–Trinajstić information content (AvgIpc) is 3.11. The van der Waals surface area contributed by atoms with Gasteiger partial charge in [-0.1, -0.05) is 23.7 Å². The molecular weight excluding hydrogens is 457 g/mol. The topological polar surface area (TPSA) is 64.1 Å². The monoisotopic (exact) mass is 483 g/mol. The van der Waals surface area contributed by atoms with E-state index < -0.39 is 0 Å². The number of rotatable bonds is 9. The highest BCUT2D eigenvalue weighted by Crippen LogP contribution is 2.22. The third-order valence-electron chi connectivity index (χ3n) is 3.57. The van der Waals surface area contributed by atoms with Gasteiger partial charge in [0.25, 0.3) is 0 Å². The van der Waals surface area contributed by atoms with Gasteiger partial charge in [0.2, 0.25) is 0 Å². The Morgan fingerprint density at radius 1 is 1.28 bits per heavy atom. The molecule has 0 spiro atoms. The van der Waals surface area contributed by atoms with Crippen molar-refractivity contribution in [1.29, 1.82) is 0 Å². The number of nitrogens with one attached hydrogen (secondary N) is 2. The van der Waals surface area contributed by atoms with Crippen LogP contribution in [0.1, 0.15) is 12.8 Å². The molecule has 2 rings (SSSR count). The summed E-state index contributed by atoms with van der Waals surface area (Å²) in [5.74, 6) is 1.44. The van der Waals surface area contributed by atoms with Gasteiger partial charge in [0.15, 0.2) is 5.96 Å². The quantitative estimate of drug-likeness (QED) is 0.245. The minimum Gasteiger partial charge on any atom is -0.490 e. The molecule has 6 nitrogen and oxygen atoms in total. The minimum absolute atomic E-state index is 0. The van der Waals surface area contributed by atoms with Crippen molar-refractivity contribution in [1.82, 2.24) is 10.6 Å². The molecule has 0 aliphatic carbocycles. The van der Waals surface area contributed by atoms with E-state index in [1.165, 1.54) is 0 Å². The number of guanidine groups is 1. The third-order valence-corrected chi connectivity index (χ3v) is 3.88. The molecule has 0 aromatic heterocycles. The molecule has 0 radical (unpaired) electrons. The lowest BCUT2D eigenvalue weighted by Crippen LogP contribution is -2.40. The lowest BCUT2D eigenvalue weighted by atomic mass is 10.3. The van der Waals surface area contributed by atoms with Crippen LogP contribution < -0.4 is 15.4 Å². The molecular formula is C17H27ClIN3O3. The molecule has 1 saturated heterocycles. The summed E-state index contributed by atoms with van der Waals surface area (Å²) in [4.78, 5) is 4.18. The number of para-hydroxylation sites is 1. The van der Waals surface area contributed by atoms with Gasteiger partial charge >= 0.3 is 0 Å². The van der Waals surface area contributed by atoms with Crippen LogP contribution in [-0.2, 0) is 9.47 Å². The highest BCUT2D eigenvalue weighted by molar-refractivity contribution is 14.0. The largest absolute Gasteiger partial charge is 0.490 e. The maximum Gasteiger partial charge on any atom is 0.191 e. The van der Waals surface area contributed by atoms with E-state index in [4.69, 9.17) is 25.8 Å². The van der Waals surface area contributed by atoms with Gasteiger partial charge in [0, 0.05) is 26.8 Å². The predicted molar refractivity (Wildman–Crippen MR) is 112 cm³/mol. The summed E-state index contributed by atoms with van der Waals surface area (Å²) in [5, 5.41) is 7.07. The Bertz CT molecular complexity index is 514. The number of hydrogen-bond donors (Lipinski definition) is 2. The van der Waals surface area contributed by atoms with Gasteiger partial charge in [0.05, 0.1) is 24.3 Å². The summed E-state index contributed by atoms with van der Waals surface area (Å²) >= 11 is 6.04. The Kier molecular flexibility index (Phi) is 12.0. The Hall–Kier alpha value is -0.770. The summed E-state index contributed by atoms with van der Waals surface area (Å²) in [7, 11) is 1.75. The van der Waals surface area contributed by atoms with Crippen LogP contribution >= 0.6 is 35.6 Å². The molecule has 0 bridgehead atoms. The summed E-state index contributed by atoms with van der Waals surface area (Å²) in [6.45, 7) is 4.22. The fourth-order valence-electron chi connectivity index (χ4n) is 2.29. The first-order valence-corrected chi connectivity index (χ1v) is 8.68. The first-order chi connectivity index (χ1) is 11.8. The molecule has 25 heavy (non-hydrogen) atoms. The number of aliphatic imine (C=N–C) groups is 1. The van der Waals surface area contributed by atoms with E-state index in [2.05, 4.69) is 15.6 Å². The lowest BCUT2D eigenvalue weighted by Gasteiger charge is -2.14. The summed E-state index contributed by atoms with van der Waals surface area (Å²) in [6.07, 6.45) is 2.19. The number of hydrogen-bond acceptors (Lipinski definition) is 4. The van der Waals surface area contributed by atoms with Crippen LogP contribution in [0.15, 0.2) is 29.3 Å². The van der Waals surface area contributed by atoms with Crippen molar-refractivity contribution >= 4 is 41.5 Å². The summed E-state index contributed by atoms with van der Waals surface area (Å²) in [6, 6.07) is 7.44. The highest BCUT2D eigenvalue weighted by Gasteiger charge is 2.15. The van der Waals surface area contributed by atoms with E-state index in [0.29, 0.717) is 23.9 Å². The van der Waals surface area contributed by atoms with E-state index in [0.717, 1.165) is 45.2 Å². The molecule has 0 saturated carbocycles. The Morgan fingerprint density at radius 2 is 2.08 bits per heavy atom. The van der Waals surface area contributed by atoms with Gasteiger partial charge < -0.3 is 24.8 Å². The number of halogens is 2. The summed E-state index contributed by atoms with van der Waals surface area (Å²) < 4.78 is 16.6. The molecule has 1 unspecified atom stereocenters. The van der Waals surface area contributed by atoms with Crippen molar-refractivity contribution in [2.24, 2.45) is 4.99 Å². The van der Waals surface area contributed by atoms with Crippen molar-refractivity contribution in [3.8, 4) is 5.75 Å². The summed E-state index contributed by atoms with van der Waals surface area (Å²) in [5.41, 5.74) is 0. The van der Waals surface area contributed by atoms with Crippen LogP contribution in [0.5, 0.6) is 5.75 Å². The predicted octanol–water partition coefficient (Wildman–Crippen LogP) is 2.70. The Morgan fingerprint density at radius 3 is 2.80 bits per heavy atom. The number of nitrogens with zero attached hydrogens (tertiary/aromatic N) is 1. The van der Waals surface area contributed by atoms with Crippen molar-refractivity contribution in [2.45, 2.75) is 18.9 Å². The minimum atomic E-state index is 0. The van der Waals surface area contributed by atoms with Gasteiger partial charge in [-0.3, -0.25) is 4.99 Å². The zero-order valence-corrected chi connectivity index (χ0v) is 17.6. The van der Waals surface area contributed by atoms with Crippen LogP contribution in [-0.4, -0.2) is 58.6 Å². The van der Waals surface area contributed by atoms with Crippen molar-refractivity contribution in [2.75, 3.05) is 46.6 Å². The fraction of sp³-hybridized carbons (Fsp3) is 0.588. The van der Waals surface area contributed by atoms with E-state index in [1.54, 1.807) is 7.05 Å². The van der Waals surface area contributed by atoms with Crippen LogP contribution in [0.3, 0.4) is 0 Å². The molecule has 0 amide bonds. The van der Waals surface area contributed by atoms with Crippen molar-refractivity contribution in [3.05, 3.63) is 29.3 Å². The SMILES string of the molecule is CN=C(NCCCOC1CCOC1)NCCOc1ccccc1Cl.I. The molecule has 1 aliphatic rings.